The van der Waals surface area contributed by atoms with Gasteiger partial charge in [-0.1, -0.05) is 0 Å². The predicted molar refractivity (Wildman–Crippen MR) is 91.1 cm³/mol. The molecule has 0 fully saturated rings. The number of unbranched alkanes of at least 4 members (excludes halogenated alkanes) is 6. The van der Waals surface area contributed by atoms with Gasteiger partial charge in [-0.2, -0.15) is 0 Å². The summed E-state index contributed by atoms with van der Waals surface area (Å²) < 4.78 is 1.77. The fourth-order valence-corrected chi connectivity index (χ4v) is 4.78. The summed E-state index contributed by atoms with van der Waals surface area (Å²) in [5.41, 5.74) is 1.81. The maximum atomic E-state index is 2.41. The topological polar surface area (TPSA) is 0 Å². The molecule has 0 aliphatic carbocycles. The van der Waals surface area contributed by atoms with Gasteiger partial charge in [0, 0.05) is 0 Å². The first-order valence-corrected chi connectivity index (χ1v) is 10.6. The van der Waals surface area contributed by atoms with E-state index in [1.165, 1.54) is 75.9 Å². The van der Waals surface area contributed by atoms with E-state index in [9.17, 15) is 0 Å². The molecule has 0 aromatic heterocycles. The molecule has 0 heterocycles. The van der Waals surface area contributed by atoms with E-state index in [0.29, 0.717) is 0 Å². The van der Waals surface area contributed by atoms with Crippen LogP contribution in [-0.2, 0) is 0 Å². The molecule has 0 aromatic rings. The first-order chi connectivity index (χ1) is 9.26. The molecule has 0 unspecified atom stereocenters. The molecular formula is C18H36Se. The Morgan fingerprint density at radius 3 is 1.95 bits per heavy atom. The Hall–Kier alpha value is 0.259. The molecule has 0 spiro atoms. The van der Waals surface area contributed by atoms with Crippen molar-refractivity contribution in [3.05, 3.63) is 10.0 Å². The molecule has 0 N–H and O–H groups in total. The zero-order valence-corrected chi connectivity index (χ0v) is 15.6. The number of hydrogen-bond acceptors (Lipinski definition) is 0. The van der Waals surface area contributed by atoms with Gasteiger partial charge < -0.3 is 0 Å². The third kappa shape index (κ3) is 11.8. The van der Waals surface area contributed by atoms with Crippen LogP contribution in [-0.4, -0.2) is 15.0 Å². The molecule has 0 saturated heterocycles. The standard InChI is InChI=1S/C18H36Se/c1-5-8-10-11-12-13-15-18(14-7-3)17(4)19-16-9-6-2/h5-16H2,1-4H3/b18-17+. The number of hydrogen-bond donors (Lipinski definition) is 0. The van der Waals surface area contributed by atoms with Gasteiger partial charge in [-0.15, -0.1) is 0 Å². The van der Waals surface area contributed by atoms with Gasteiger partial charge in [-0.25, -0.2) is 0 Å². The minimum absolute atomic E-state index is 0.780. The van der Waals surface area contributed by atoms with Crippen LogP contribution < -0.4 is 0 Å². The molecule has 1 heteroatoms. The van der Waals surface area contributed by atoms with Crippen LogP contribution in [0.15, 0.2) is 10.0 Å². The maximum absolute atomic E-state index is 2.41. The van der Waals surface area contributed by atoms with E-state index in [1.807, 2.05) is 5.57 Å². The summed E-state index contributed by atoms with van der Waals surface area (Å²) in [5.74, 6) is 0. The molecule has 114 valence electrons. The average molecular weight is 331 g/mol. The molecule has 0 nitrogen and oxygen atoms in total. The molecule has 0 amide bonds. The normalized spacial score (nSPS) is 12.6. The van der Waals surface area contributed by atoms with Crippen molar-refractivity contribution in [2.45, 2.75) is 104 Å². The SMILES string of the molecule is CCCCCCCC/C(CCC)=C(\C)[Se]CCCC. The first-order valence-electron chi connectivity index (χ1n) is 8.57. The molecule has 0 aliphatic rings. The Balaban J connectivity index is 3.91. The van der Waals surface area contributed by atoms with E-state index in [0.717, 1.165) is 15.0 Å². The second-order valence-corrected chi connectivity index (χ2v) is 8.38. The van der Waals surface area contributed by atoms with Gasteiger partial charge in [0.05, 0.1) is 0 Å². The van der Waals surface area contributed by atoms with Crippen LogP contribution in [0.1, 0.15) is 98.3 Å². The third-order valence-electron chi connectivity index (χ3n) is 3.70. The van der Waals surface area contributed by atoms with Crippen LogP contribution in [0.5, 0.6) is 0 Å². The number of rotatable bonds is 13. The van der Waals surface area contributed by atoms with Gasteiger partial charge in [-0.3, -0.25) is 0 Å². The van der Waals surface area contributed by atoms with E-state index in [4.69, 9.17) is 0 Å². The fraction of sp³-hybridized carbons (Fsp3) is 0.889. The van der Waals surface area contributed by atoms with Crippen molar-refractivity contribution in [2.75, 3.05) is 0 Å². The Morgan fingerprint density at radius 1 is 0.684 bits per heavy atom. The van der Waals surface area contributed by atoms with Crippen LogP contribution in [0.2, 0.25) is 5.32 Å². The zero-order chi connectivity index (χ0) is 14.3. The van der Waals surface area contributed by atoms with Crippen LogP contribution >= 0.6 is 0 Å². The summed E-state index contributed by atoms with van der Waals surface area (Å²) in [4.78, 5) is 0. The summed E-state index contributed by atoms with van der Waals surface area (Å²) in [5, 5.41) is 1.46. The van der Waals surface area contributed by atoms with Gasteiger partial charge in [0.25, 0.3) is 0 Å². The van der Waals surface area contributed by atoms with E-state index in [2.05, 4.69) is 27.7 Å². The third-order valence-corrected chi connectivity index (χ3v) is 6.25. The monoisotopic (exact) mass is 332 g/mol. The van der Waals surface area contributed by atoms with E-state index < -0.39 is 0 Å². The van der Waals surface area contributed by atoms with Crippen molar-refractivity contribution < 1.29 is 0 Å². The molecule has 0 rings (SSSR count). The van der Waals surface area contributed by atoms with E-state index >= 15 is 0 Å². The summed E-state index contributed by atoms with van der Waals surface area (Å²) in [6.45, 7) is 9.34. The van der Waals surface area contributed by atoms with Crippen LogP contribution in [0.25, 0.3) is 0 Å². The quantitative estimate of drug-likeness (QED) is 0.259. The zero-order valence-electron chi connectivity index (χ0n) is 13.9. The molecule has 19 heavy (non-hydrogen) atoms. The average Bonchev–Trinajstić information content (AvgIpc) is 2.41. The van der Waals surface area contributed by atoms with Crippen LogP contribution in [0, 0.1) is 0 Å². The Morgan fingerprint density at radius 2 is 1.32 bits per heavy atom. The molecule has 0 saturated carbocycles. The predicted octanol–water partition coefficient (Wildman–Crippen LogP) is 6.73. The fourth-order valence-electron chi connectivity index (χ4n) is 2.37. The van der Waals surface area contributed by atoms with E-state index in [1.54, 1.807) is 4.47 Å². The van der Waals surface area contributed by atoms with Gasteiger partial charge in [-0.05, 0) is 0 Å². The summed E-state index contributed by atoms with van der Waals surface area (Å²) >= 11 is 0.780. The Kier molecular flexibility index (Phi) is 14.9. The van der Waals surface area contributed by atoms with Crippen LogP contribution in [0.4, 0.5) is 0 Å². The van der Waals surface area contributed by atoms with Gasteiger partial charge in [0.2, 0.25) is 0 Å². The van der Waals surface area contributed by atoms with Crippen molar-refractivity contribution >= 4 is 15.0 Å². The molecule has 0 aliphatic heterocycles. The van der Waals surface area contributed by atoms with Gasteiger partial charge in [0.15, 0.2) is 0 Å². The second kappa shape index (κ2) is 14.7. The molecule has 0 aromatic carbocycles. The molecule has 0 bridgehead atoms. The van der Waals surface area contributed by atoms with Gasteiger partial charge in [0.1, 0.15) is 0 Å². The molecular weight excluding hydrogens is 295 g/mol. The number of allylic oxidation sites excluding steroid dienone is 2. The summed E-state index contributed by atoms with van der Waals surface area (Å²) in [7, 11) is 0. The van der Waals surface area contributed by atoms with Crippen molar-refractivity contribution in [1.82, 2.24) is 0 Å². The van der Waals surface area contributed by atoms with Crippen molar-refractivity contribution in [3.63, 3.8) is 0 Å². The van der Waals surface area contributed by atoms with Crippen molar-refractivity contribution in [2.24, 2.45) is 0 Å². The summed E-state index contributed by atoms with van der Waals surface area (Å²) in [6.07, 6.45) is 15.4. The second-order valence-electron chi connectivity index (χ2n) is 5.63. The van der Waals surface area contributed by atoms with Crippen molar-refractivity contribution in [1.29, 1.82) is 0 Å². The first kappa shape index (κ1) is 19.3. The summed E-state index contributed by atoms with van der Waals surface area (Å²) in [6, 6.07) is 0. The van der Waals surface area contributed by atoms with Crippen molar-refractivity contribution in [3.8, 4) is 0 Å². The van der Waals surface area contributed by atoms with Crippen LogP contribution in [0.3, 0.4) is 0 Å². The van der Waals surface area contributed by atoms with Gasteiger partial charge >= 0.3 is 129 Å². The Labute approximate surface area is 129 Å². The molecule has 0 radical (unpaired) electrons. The van der Waals surface area contributed by atoms with E-state index in [-0.39, 0.29) is 0 Å². The Bertz CT molecular complexity index is 218. The molecule has 0 atom stereocenters. The minimum atomic E-state index is 0.780.